The van der Waals surface area contributed by atoms with Crippen molar-refractivity contribution in [2.45, 2.75) is 12.3 Å². The SMILES string of the molecule is CN(C)Cc1ccc(CSC(=N)N)o1.O=C(O)/C=C\C(=O)O. The third-order valence-corrected chi connectivity index (χ3v) is 2.67. The van der Waals surface area contributed by atoms with Crippen molar-refractivity contribution in [1.29, 1.82) is 5.41 Å². The summed E-state index contributed by atoms with van der Waals surface area (Å²) in [7, 11) is 3.99. The number of hydrogen-bond acceptors (Lipinski definition) is 6. The zero-order valence-electron chi connectivity index (χ0n) is 12.3. The first-order valence-electron chi connectivity index (χ1n) is 6.03. The molecule has 0 bridgehead atoms. The summed E-state index contributed by atoms with van der Waals surface area (Å²) in [6.45, 7) is 0.796. The molecule has 1 rings (SSSR count). The molecule has 0 saturated carbocycles. The molecule has 1 heterocycles. The van der Waals surface area contributed by atoms with Gasteiger partial charge in [0.2, 0.25) is 0 Å². The van der Waals surface area contributed by atoms with Gasteiger partial charge in [-0.05, 0) is 26.2 Å². The largest absolute Gasteiger partial charge is 0.478 e. The maximum Gasteiger partial charge on any atom is 0.328 e. The fourth-order valence-electron chi connectivity index (χ4n) is 1.19. The summed E-state index contributed by atoms with van der Waals surface area (Å²) in [5, 5.41) is 22.8. The van der Waals surface area contributed by atoms with E-state index < -0.39 is 11.9 Å². The number of nitrogens with two attached hydrogens (primary N) is 1. The Bertz CT molecular complexity index is 524. The molecule has 8 nitrogen and oxygen atoms in total. The molecular formula is C13H19N3O5S. The van der Waals surface area contributed by atoms with Gasteiger partial charge in [-0.3, -0.25) is 5.41 Å². The molecule has 5 N–H and O–H groups in total. The number of carboxylic acid groups (broad SMARTS) is 2. The van der Waals surface area contributed by atoms with Crippen LogP contribution in [0.15, 0.2) is 28.7 Å². The quantitative estimate of drug-likeness (QED) is 0.346. The number of nitrogens with zero attached hydrogens (tertiary/aromatic N) is 1. The van der Waals surface area contributed by atoms with E-state index in [1.165, 1.54) is 11.8 Å². The number of aliphatic carboxylic acids is 2. The van der Waals surface area contributed by atoms with Gasteiger partial charge in [0.25, 0.3) is 0 Å². The van der Waals surface area contributed by atoms with Crippen molar-refractivity contribution in [2.75, 3.05) is 14.1 Å². The minimum Gasteiger partial charge on any atom is -0.478 e. The Balaban J connectivity index is 0.000000472. The molecule has 0 aliphatic carbocycles. The average molecular weight is 329 g/mol. The minimum absolute atomic E-state index is 0.121. The van der Waals surface area contributed by atoms with Crippen LogP contribution < -0.4 is 5.73 Å². The lowest BCUT2D eigenvalue weighted by molar-refractivity contribution is -0.134. The molecular weight excluding hydrogens is 310 g/mol. The predicted octanol–water partition coefficient (Wildman–Crippen LogP) is 1.18. The number of rotatable bonds is 6. The molecule has 1 aromatic heterocycles. The van der Waals surface area contributed by atoms with Crippen LogP contribution in [0.3, 0.4) is 0 Å². The number of carboxylic acids is 2. The first-order valence-corrected chi connectivity index (χ1v) is 7.02. The molecule has 1 aromatic rings. The smallest absolute Gasteiger partial charge is 0.328 e. The summed E-state index contributed by atoms with van der Waals surface area (Å²) >= 11 is 1.27. The van der Waals surface area contributed by atoms with E-state index >= 15 is 0 Å². The average Bonchev–Trinajstić information content (AvgIpc) is 2.81. The Labute approximate surface area is 132 Å². The fourth-order valence-corrected chi connectivity index (χ4v) is 1.64. The first-order chi connectivity index (χ1) is 10.2. The van der Waals surface area contributed by atoms with Crippen molar-refractivity contribution >= 4 is 28.9 Å². The number of furan rings is 1. The number of nitrogens with one attached hydrogen (secondary N) is 1. The number of amidine groups is 1. The van der Waals surface area contributed by atoms with E-state index in [4.69, 9.17) is 25.8 Å². The Hall–Kier alpha value is -2.26. The van der Waals surface area contributed by atoms with Gasteiger partial charge < -0.3 is 25.3 Å². The maximum atomic E-state index is 9.55. The molecule has 0 fully saturated rings. The van der Waals surface area contributed by atoms with Crippen molar-refractivity contribution in [3.63, 3.8) is 0 Å². The summed E-state index contributed by atoms with van der Waals surface area (Å²) < 4.78 is 5.53. The van der Waals surface area contributed by atoms with Crippen molar-refractivity contribution < 1.29 is 24.2 Å². The third-order valence-electron chi connectivity index (χ3n) is 1.93. The van der Waals surface area contributed by atoms with Crippen LogP contribution in [0.25, 0.3) is 0 Å². The Kier molecular flexibility index (Phi) is 9.39. The lowest BCUT2D eigenvalue weighted by atomic mass is 10.4. The van der Waals surface area contributed by atoms with Crippen LogP contribution in [0.5, 0.6) is 0 Å². The molecule has 0 aromatic carbocycles. The zero-order valence-corrected chi connectivity index (χ0v) is 13.1. The van der Waals surface area contributed by atoms with Crippen molar-refractivity contribution in [3.05, 3.63) is 35.8 Å². The van der Waals surface area contributed by atoms with Gasteiger partial charge in [0.1, 0.15) is 11.5 Å². The summed E-state index contributed by atoms with van der Waals surface area (Å²) in [5.74, 6) is -0.0843. The highest BCUT2D eigenvalue weighted by molar-refractivity contribution is 8.13. The van der Waals surface area contributed by atoms with E-state index in [9.17, 15) is 9.59 Å². The molecule has 122 valence electrons. The normalized spacial score (nSPS) is 10.3. The summed E-state index contributed by atoms with van der Waals surface area (Å²) in [6.07, 6.45) is 1.12. The van der Waals surface area contributed by atoms with E-state index in [-0.39, 0.29) is 5.17 Å². The second kappa shape index (κ2) is 10.5. The van der Waals surface area contributed by atoms with Crippen molar-refractivity contribution in [1.82, 2.24) is 4.90 Å². The molecule has 9 heteroatoms. The molecule has 0 spiro atoms. The predicted molar refractivity (Wildman–Crippen MR) is 83.7 cm³/mol. The van der Waals surface area contributed by atoms with Crippen LogP contribution in [-0.2, 0) is 21.9 Å². The van der Waals surface area contributed by atoms with Gasteiger partial charge in [-0.1, -0.05) is 11.8 Å². The molecule has 0 saturated heterocycles. The highest BCUT2D eigenvalue weighted by atomic mass is 32.2. The Morgan fingerprint density at radius 3 is 2.18 bits per heavy atom. The monoisotopic (exact) mass is 329 g/mol. The number of carbonyl (C=O) groups is 2. The Morgan fingerprint density at radius 2 is 1.77 bits per heavy atom. The van der Waals surface area contributed by atoms with E-state index in [0.717, 1.165) is 18.1 Å². The fraction of sp³-hybridized carbons (Fsp3) is 0.308. The number of thioether (sulfide) groups is 1. The molecule has 0 aliphatic rings. The standard InChI is InChI=1S/C9H15N3OS.C4H4O4/c1-12(2)5-7-3-4-8(13-7)6-14-9(10)11;5-3(6)1-2-4(7)8/h3-4H,5-6H2,1-2H3,(H3,10,11);1-2H,(H,5,6)(H,7,8)/b;2-1-. The van der Waals surface area contributed by atoms with Crippen LogP contribution in [0, 0.1) is 5.41 Å². The zero-order chi connectivity index (χ0) is 17.1. The van der Waals surface area contributed by atoms with E-state index in [1.54, 1.807) is 0 Å². The van der Waals surface area contributed by atoms with Gasteiger partial charge >= 0.3 is 11.9 Å². The summed E-state index contributed by atoms with van der Waals surface area (Å²) in [4.78, 5) is 21.1. The van der Waals surface area contributed by atoms with Crippen LogP contribution >= 0.6 is 11.8 Å². The summed E-state index contributed by atoms with van der Waals surface area (Å²) in [6, 6.07) is 3.88. The third kappa shape index (κ3) is 11.6. The maximum absolute atomic E-state index is 9.55. The highest BCUT2D eigenvalue weighted by Crippen LogP contribution is 2.15. The van der Waals surface area contributed by atoms with Gasteiger partial charge in [-0.15, -0.1) is 0 Å². The van der Waals surface area contributed by atoms with Gasteiger partial charge in [0.15, 0.2) is 5.17 Å². The van der Waals surface area contributed by atoms with Crippen LogP contribution in [0.1, 0.15) is 11.5 Å². The molecule has 0 aliphatic heterocycles. The molecule has 0 amide bonds. The number of hydrogen-bond donors (Lipinski definition) is 4. The van der Waals surface area contributed by atoms with Crippen LogP contribution in [0.2, 0.25) is 0 Å². The second-order valence-electron chi connectivity index (χ2n) is 4.27. The summed E-state index contributed by atoms with van der Waals surface area (Å²) in [5.41, 5.74) is 5.22. The van der Waals surface area contributed by atoms with Crippen LogP contribution in [-0.4, -0.2) is 46.3 Å². The minimum atomic E-state index is -1.26. The van der Waals surface area contributed by atoms with Gasteiger partial charge in [0, 0.05) is 12.2 Å². The highest BCUT2D eigenvalue weighted by Gasteiger charge is 2.03. The van der Waals surface area contributed by atoms with Gasteiger partial charge in [-0.2, -0.15) is 0 Å². The van der Waals surface area contributed by atoms with Crippen molar-refractivity contribution in [2.24, 2.45) is 5.73 Å². The van der Waals surface area contributed by atoms with Gasteiger partial charge in [0.05, 0.1) is 12.3 Å². The molecule has 0 unspecified atom stereocenters. The molecule has 0 atom stereocenters. The molecule has 0 radical (unpaired) electrons. The lowest BCUT2D eigenvalue weighted by Crippen LogP contribution is -2.09. The first kappa shape index (κ1) is 19.7. The van der Waals surface area contributed by atoms with E-state index in [2.05, 4.69) is 0 Å². The molecule has 22 heavy (non-hydrogen) atoms. The Morgan fingerprint density at radius 1 is 1.27 bits per heavy atom. The second-order valence-corrected chi connectivity index (χ2v) is 5.29. The van der Waals surface area contributed by atoms with Crippen LogP contribution in [0.4, 0.5) is 0 Å². The van der Waals surface area contributed by atoms with E-state index in [0.29, 0.717) is 17.9 Å². The topological polar surface area (TPSA) is 141 Å². The lowest BCUT2D eigenvalue weighted by Gasteiger charge is -2.05. The van der Waals surface area contributed by atoms with Gasteiger partial charge in [-0.25, -0.2) is 9.59 Å². The van der Waals surface area contributed by atoms with Crippen molar-refractivity contribution in [3.8, 4) is 0 Å². The van der Waals surface area contributed by atoms with E-state index in [1.807, 2.05) is 31.1 Å².